The van der Waals surface area contributed by atoms with Crippen molar-refractivity contribution in [3.05, 3.63) is 58.5 Å². The highest BCUT2D eigenvalue weighted by Crippen LogP contribution is 2.28. The molecule has 1 amide bonds. The fourth-order valence-corrected chi connectivity index (χ4v) is 3.24. The maximum Gasteiger partial charge on any atom is 0.289 e. The van der Waals surface area contributed by atoms with Crippen LogP contribution in [0.1, 0.15) is 34.5 Å². The predicted molar refractivity (Wildman–Crippen MR) is 88.7 cm³/mol. The number of benzene rings is 1. The van der Waals surface area contributed by atoms with Crippen molar-refractivity contribution in [3.63, 3.8) is 0 Å². The van der Waals surface area contributed by atoms with Crippen molar-refractivity contribution in [3.8, 4) is 0 Å². The maximum absolute atomic E-state index is 12.3. The first-order chi connectivity index (χ1) is 11.0. The number of rotatable bonds is 3. The van der Waals surface area contributed by atoms with E-state index in [-0.39, 0.29) is 16.9 Å². The molecule has 2 heterocycles. The summed E-state index contributed by atoms with van der Waals surface area (Å²) in [7, 11) is 0. The van der Waals surface area contributed by atoms with Crippen molar-refractivity contribution in [1.29, 1.82) is 0 Å². The minimum Gasteiger partial charge on any atom is -0.440 e. The summed E-state index contributed by atoms with van der Waals surface area (Å²) in [6.07, 6.45) is 1.73. The van der Waals surface area contributed by atoms with Gasteiger partial charge in [0.05, 0.1) is 5.60 Å². The molecule has 23 heavy (non-hydrogen) atoms. The summed E-state index contributed by atoms with van der Waals surface area (Å²) in [6, 6.07) is 11.3. The molecule has 1 N–H and O–H groups in total. The highest BCUT2D eigenvalue weighted by molar-refractivity contribution is 6.29. The van der Waals surface area contributed by atoms with Crippen LogP contribution < -0.4 is 0 Å². The van der Waals surface area contributed by atoms with Crippen LogP contribution in [0.5, 0.6) is 0 Å². The molecular weight excluding hydrogens is 314 g/mol. The van der Waals surface area contributed by atoms with Gasteiger partial charge < -0.3 is 14.4 Å². The molecule has 122 valence electrons. The van der Waals surface area contributed by atoms with Gasteiger partial charge in [-0.3, -0.25) is 4.79 Å². The molecule has 5 heteroatoms. The van der Waals surface area contributed by atoms with Crippen LogP contribution in [0.3, 0.4) is 0 Å². The molecule has 0 radical (unpaired) electrons. The summed E-state index contributed by atoms with van der Waals surface area (Å²) < 4.78 is 5.17. The van der Waals surface area contributed by atoms with Gasteiger partial charge in [-0.1, -0.05) is 29.8 Å². The SMILES string of the molecule is Cc1cccc(CC2(O)CCN(C(=O)c3ccc(Cl)o3)CC2)c1. The van der Waals surface area contributed by atoms with Gasteiger partial charge >= 0.3 is 0 Å². The van der Waals surface area contributed by atoms with Gasteiger partial charge in [-0.05, 0) is 49.1 Å². The van der Waals surface area contributed by atoms with E-state index in [1.807, 2.05) is 25.1 Å². The van der Waals surface area contributed by atoms with Crippen LogP contribution in [0.2, 0.25) is 5.22 Å². The standard InChI is InChI=1S/C18H20ClNO3/c1-13-3-2-4-14(11-13)12-18(22)7-9-20(10-8-18)17(21)15-5-6-16(19)23-15/h2-6,11,22H,7-10,12H2,1H3. The summed E-state index contributed by atoms with van der Waals surface area (Å²) in [6.45, 7) is 3.07. The molecule has 0 saturated carbocycles. The monoisotopic (exact) mass is 333 g/mol. The first-order valence-electron chi connectivity index (χ1n) is 7.78. The molecule has 1 aliphatic rings. The Morgan fingerprint density at radius 2 is 2.04 bits per heavy atom. The summed E-state index contributed by atoms with van der Waals surface area (Å²) in [5.74, 6) is 0.0774. The summed E-state index contributed by atoms with van der Waals surface area (Å²) in [4.78, 5) is 14.0. The number of halogens is 1. The van der Waals surface area contributed by atoms with Crippen molar-refractivity contribution in [2.24, 2.45) is 0 Å². The second-order valence-electron chi connectivity index (χ2n) is 6.29. The van der Waals surface area contributed by atoms with E-state index in [9.17, 15) is 9.90 Å². The van der Waals surface area contributed by atoms with Crippen LogP contribution in [0.25, 0.3) is 0 Å². The molecule has 0 bridgehead atoms. The number of carbonyl (C=O) groups is 1. The zero-order valence-corrected chi connectivity index (χ0v) is 13.8. The quantitative estimate of drug-likeness (QED) is 0.936. The van der Waals surface area contributed by atoms with E-state index in [0.717, 1.165) is 5.56 Å². The molecule has 0 unspecified atom stereocenters. The lowest BCUT2D eigenvalue weighted by Crippen LogP contribution is -2.47. The first-order valence-corrected chi connectivity index (χ1v) is 8.16. The molecule has 0 atom stereocenters. The molecule has 0 spiro atoms. The van der Waals surface area contributed by atoms with Crippen LogP contribution in [0.15, 0.2) is 40.8 Å². The van der Waals surface area contributed by atoms with E-state index in [0.29, 0.717) is 32.4 Å². The normalized spacial score (nSPS) is 17.3. The van der Waals surface area contributed by atoms with E-state index >= 15 is 0 Å². The molecule has 1 aliphatic heterocycles. The van der Waals surface area contributed by atoms with E-state index < -0.39 is 5.60 Å². The number of hydrogen-bond acceptors (Lipinski definition) is 3. The molecular formula is C18H20ClNO3. The number of furan rings is 1. The maximum atomic E-state index is 12.3. The van der Waals surface area contributed by atoms with Crippen LogP contribution in [-0.4, -0.2) is 34.6 Å². The van der Waals surface area contributed by atoms with Crippen molar-refractivity contribution in [2.45, 2.75) is 31.8 Å². The van der Waals surface area contributed by atoms with Gasteiger partial charge in [0.15, 0.2) is 11.0 Å². The Morgan fingerprint density at radius 3 is 2.65 bits per heavy atom. The van der Waals surface area contributed by atoms with Crippen molar-refractivity contribution in [1.82, 2.24) is 4.90 Å². The molecule has 0 aliphatic carbocycles. The average Bonchev–Trinajstić information content (AvgIpc) is 2.93. The third kappa shape index (κ3) is 3.77. The Bertz CT molecular complexity index is 702. The minimum atomic E-state index is -0.759. The number of amides is 1. The molecule has 2 aromatic rings. The minimum absolute atomic E-state index is 0.172. The average molecular weight is 334 g/mol. The zero-order chi connectivity index (χ0) is 16.4. The number of aliphatic hydroxyl groups is 1. The Balaban J connectivity index is 1.62. The lowest BCUT2D eigenvalue weighted by Gasteiger charge is -2.38. The van der Waals surface area contributed by atoms with Crippen molar-refractivity contribution >= 4 is 17.5 Å². The largest absolute Gasteiger partial charge is 0.440 e. The third-order valence-electron chi connectivity index (χ3n) is 4.38. The Kier molecular flexibility index (Phi) is 4.46. The smallest absolute Gasteiger partial charge is 0.289 e. The Morgan fingerprint density at radius 1 is 1.30 bits per heavy atom. The summed E-state index contributed by atoms with van der Waals surface area (Å²) in [5, 5.41) is 11.0. The number of nitrogens with zero attached hydrogens (tertiary/aromatic N) is 1. The van der Waals surface area contributed by atoms with Crippen LogP contribution >= 0.6 is 11.6 Å². The van der Waals surface area contributed by atoms with Crippen LogP contribution in [-0.2, 0) is 6.42 Å². The molecule has 1 saturated heterocycles. The van der Waals surface area contributed by atoms with E-state index in [1.165, 1.54) is 5.56 Å². The predicted octanol–water partition coefficient (Wildman–Crippen LogP) is 3.45. The van der Waals surface area contributed by atoms with Crippen molar-refractivity contribution in [2.75, 3.05) is 13.1 Å². The van der Waals surface area contributed by atoms with Crippen LogP contribution in [0, 0.1) is 6.92 Å². The fourth-order valence-electron chi connectivity index (χ4n) is 3.09. The van der Waals surface area contributed by atoms with Gasteiger partial charge in [-0.25, -0.2) is 0 Å². The van der Waals surface area contributed by atoms with Crippen LogP contribution in [0.4, 0.5) is 0 Å². The zero-order valence-electron chi connectivity index (χ0n) is 13.1. The molecule has 1 fully saturated rings. The Hall–Kier alpha value is -1.78. The molecule has 3 rings (SSSR count). The summed E-state index contributed by atoms with van der Waals surface area (Å²) in [5.41, 5.74) is 1.56. The molecule has 1 aromatic carbocycles. The number of carbonyl (C=O) groups excluding carboxylic acids is 1. The third-order valence-corrected chi connectivity index (χ3v) is 4.58. The van der Waals surface area contributed by atoms with Gasteiger partial charge in [0.2, 0.25) is 0 Å². The van der Waals surface area contributed by atoms with Gasteiger partial charge in [0.1, 0.15) is 0 Å². The molecule has 1 aromatic heterocycles. The molecule has 4 nitrogen and oxygen atoms in total. The Labute approximate surface area is 140 Å². The van der Waals surface area contributed by atoms with Gasteiger partial charge in [0.25, 0.3) is 5.91 Å². The van der Waals surface area contributed by atoms with Gasteiger partial charge in [-0.15, -0.1) is 0 Å². The lowest BCUT2D eigenvalue weighted by atomic mass is 9.85. The fraction of sp³-hybridized carbons (Fsp3) is 0.389. The van der Waals surface area contributed by atoms with E-state index in [2.05, 4.69) is 6.07 Å². The number of piperidine rings is 1. The number of likely N-dealkylation sites (tertiary alicyclic amines) is 1. The number of hydrogen-bond donors (Lipinski definition) is 1. The van der Waals surface area contributed by atoms with Gasteiger partial charge in [0, 0.05) is 19.5 Å². The van der Waals surface area contributed by atoms with E-state index in [1.54, 1.807) is 17.0 Å². The lowest BCUT2D eigenvalue weighted by molar-refractivity contribution is -0.0169. The topological polar surface area (TPSA) is 53.7 Å². The first kappa shape index (κ1) is 16.1. The highest BCUT2D eigenvalue weighted by Gasteiger charge is 2.34. The number of aryl methyl sites for hydroxylation is 1. The van der Waals surface area contributed by atoms with E-state index in [4.69, 9.17) is 16.0 Å². The van der Waals surface area contributed by atoms with Gasteiger partial charge in [-0.2, -0.15) is 0 Å². The second-order valence-corrected chi connectivity index (χ2v) is 6.66. The second kappa shape index (κ2) is 6.38. The highest BCUT2D eigenvalue weighted by atomic mass is 35.5. The summed E-state index contributed by atoms with van der Waals surface area (Å²) >= 11 is 5.71. The van der Waals surface area contributed by atoms with Crippen molar-refractivity contribution < 1.29 is 14.3 Å².